The molecular weight excluding hydrogens is 312 g/mol. The van der Waals surface area contributed by atoms with E-state index in [-0.39, 0.29) is 30.5 Å². The molecule has 0 saturated heterocycles. The maximum atomic E-state index is 11.7. The summed E-state index contributed by atoms with van der Waals surface area (Å²) in [7, 11) is 0. The zero-order chi connectivity index (χ0) is 17.5. The molecule has 0 atom stereocenters. The van der Waals surface area contributed by atoms with Crippen LogP contribution in [0.3, 0.4) is 0 Å². The standard InChI is InChI=1S/C17H16N2O5/c1-12(20)14-4-8-16(9-5-14)24-11-17(21)18-10-13-2-6-15(7-3-13)19(22)23/h2-9H,10-11H2,1H3,(H,18,21). The third-order valence-corrected chi connectivity index (χ3v) is 3.27. The zero-order valence-electron chi connectivity index (χ0n) is 13.0. The third-order valence-electron chi connectivity index (χ3n) is 3.27. The predicted octanol–water partition coefficient (Wildman–Crippen LogP) is 2.49. The molecule has 0 radical (unpaired) electrons. The molecule has 24 heavy (non-hydrogen) atoms. The minimum atomic E-state index is -0.479. The van der Waals surface area contributed by atoms with Gasteiger partial charge in [-0.25, -0.2) is 0 Å². The summed E-state index contributed by atoms with van der Waals surface area (Å²) >= 11 is 0. The van der Waals surface area contributed by atoms with Crippen molar-refractivity contribution in [3.8, 4) is 5.75 Å². The molecular formula is C17H16N2O5. The molecule has 7 nitrogen and oxygen atoms in total. The molecule has 0 bridgehead atoms. The fraction of sp³-hybridized carbons (Fsp3) is 0.176. The van der Waals surface area contributed by atoms with E-state index in [1.165, 1.54) is 19.1 Å². The average molecular weight is 328 g/mol. The van der Waals surface area contributed by atoms with Gasteiger partial charge in [-0.3, -0.25) is 19.7 Å². The second-order valence-corrected chi connectivity index (χ2v) is 5.07. The predicted molar refractivity (Wildman–Crippen MR) is 86.9 cm³/mol. The van der Waals surface area contributed by atoms with E-state index in [1.807, 2.05) is 0 Å². The number of nitro groups is 1. The van der Waals surface area contributed by atoms with Crippen LogP contribution in [-0.2, 0) is 11.3 Å². The van der Waals surface area contributed by atoms with E-state index in [2.05, 4.69) is 5.32 Å². The molecule has 0 heterocycles. The van der Waals surface area contributed by atoms with Crippen molar-refractivity contribution in [2.75, 3.05) is 6.61 Å². The average Bonchev–Trinajstić information content (AvgIpc) is 2.58. The number of amides is 1. The van der Waals surface area contributed by atoms with Crippen LogP contribution in [0.25, 0.3) is 0 Å². The van der Waals surface area contributed by atoms with Gasteiger partial charge in [-0.05, 0) is 36.8 Å². The Labute approximate surface area is 138 Å². The lowest BCUT2D eigenvalue weighted by Gasteiger charge is -2.08. The van der Waals surface area contributed by atoms with Crippen molar-refractivity contribution in [3.05, 3.63) is 69.8 Å². The number of ether oxygens (including phenoxy) is 1. The van der Waals surface area contributed by atoms with Crippen LogP contribution in [0.2, 0.25) is 0 Å². The van der Waals surface area contributed by atoms with Crippen LogP contribution in [0.4, 0.5) is 5.69 Å². The monoisotopic (exact) mass is 328 g/mol. The smallest absolute Gasteiger partial charge is 0.269 e. The Balaban J connectivity index is 1.78. The Hall–Kier alpha value is -3.22. The van der Waals surface area contributed by atoms with Crippen molar-refractivity contribution >= 4 is 17.4 Å². The summed E-state index contributed by atoms with van der Waals surface area (Å²) in [6, 6.07) is 12.4. The van der Waals surface area contributed by atoms with Crippen molar-refractivity contribution in [2.24, 2.45) is 0 Å². The highest BCUT2D eigenvalue weighted by Crippen LogP contribution is 2.13. The van der Waals surface area contributed by atoms with Crippen LogP contribution >= 0.6 is 0 Å². The van der Waals surface area contributed by atoms with E-state index in [0.717, 1.165) is 5.56 Å². The number of nitro benzene ring substituents is 1. The first-order valence-electron chi connectivity index (χ1n) is 7.19. The molecule has 0 fully saturated rings. The topological polar surface area (TPSA) is 98.5 Å². The number of nitrogens with zero attached hydrogens (tertiary/aromatic N) is 1. The number of rotatable bonds is 7. The van der Waals surface area contributed by atoms with Gasteiger partial charge in [0, 0.05) is 24.2 Å². The Kier molecular flexibility index (Phi) is 5.62. The van der Waals surface area contributed by atoms with E-state index in [1.54, 1.807) is 36.4 Å². The van der Waals surface area contributed by atoms with Crippen molar-refractivity contribution < 1.29 is 19.2 Å². The normalized spacial score (nSPS) is 10.0. The summed E-state index contributed by atoms with van der Waals surface area (Å²) in [5, 5.41) is 13.2. The first-order chi connectivity index (χ1) is 11.5. The van der Waals surface area contributed by atoms with Gasteiger partial charge < -0.3 is 10.1 Å². The van der Waals surface area contributed by atoms with Gasteiger partial charge in [0.15, 0.2) is 12.4 Å². The van der Waals surface area contributed by atoms with E-state index in [9.17, 15) is 19.7 Å². The maximum Gasteiger partial charge on any atom is 0.269 e. The summed E-state index contributed by atoms with van der Waals surface area (Å²) in [6.45, 7) is 1.57. The van der Waals surface area contributed by atoms with E-state index >= 15 is 0 Å². The van der Waals surface area contributed by atoms with Crippen LogP contribution < -0.4 is 10.1 Å². The first kappa shape index (κ1) is 17.1. The number of hydrogen-bond acceptors (Lipinski definition) is 5. The molecule has 0 aliphatic heterocycles. The fourth-order valence-corrected chi connectivity index (χ4v) is 1.92. The van der Waals surface area contributed by atoms with Crippen molar-refractivity contribution in [2.45, 2.75) is 13.5 Å². The van der Waals surface area contributed by atoms with Crippen LogP contribution in [0.5, 0.6) is 5.75 Å². The number of nitrogens with one attached hydrogen (secondary N) is 1. The molecule has 2 aromatic rings. The van der Waals surface area contributed by atoms with E-state index in [0.29, 0.717) is 11.3 Å². The lowest BCUT2D eigenvalue weighted by atomic mass is 10.1. The second kappa shape index (κ2) is 7.87. The van der Waals surface area contributed by atoms with Gasteiger partial charge in [0.05, 0.1) is 4.92 Å². The van der Waals surface area contributed by atoms with Crippen LogP contribution in [-0.4, -0.2) is 23.2 Å². The minimum absolute atomic E-state index is 0.00224. The minimum Gasteiger partial charge on any atom is -0.484 e. The van der Waals surface area contributed by atoms with Gasteiger partial charge in [0.25, 0.3) is 11.6 Å². The lowest BCUT2D eigenvalue weighted by Crippen LogP contribution is -2.28. The van der Waals surface area contributed by atoms with E-state index < -0.39 is 4.92 Å². The molecule has 0 aliphatic carbocycles. The molecule has 2 aromatic carbocycles. The van der Waals surface area contributed by atoms with Gasteiger partial charge in [-0.15, -0.1) is 0 Å². The maximum absolute atomic E-state index is 11.7. The molecule has 2 rings (SSSR count). The number of ketones is 1. The Morgan fingerprint density at radius 3 is 2.25 bits per heavy atom. The second-order valence-electron chi connectivity index (χ2n) is 5.07. The SMILES string of the molecule is CC(=O)c1ccc(OCC(=O)NCc2ccc([N+](=O)[O-])cc2)cc1. The molecule has 1 amide bonds. The Bertz CT molecular complexity index is 675. The van der Waals surface area contributed by atoms with Crippen molar-refractivity contribution in [1.29, 1.82) is 0 Å². The number of Topliss-reactive ketones (excluding diaryl/α,β-unsaturated/α-hetero) is 1. The first-order valence-corrected chi connectivity index (χ1v) is 7.19. The highest BCUT2D eigenvalue weighted by Gasteiger charge is 2.06. The van der Waals surface area contributed by atoms with Crippen LogP contribution in [0.1, 0.15) is 22.8 Å². The van der Waals surface area contributed by atoms with Gasteiger partial charge in [0.2, 0.25) is 0 Å². The summed E-state index contributed by atoms with van der Waals surface area (Å²) in [6.07, 6.45) is 0. The zero-order valence-corrected chi connectivity index (χ0v) is 13.0. The molecule has 7 heteroatoms. The number of non-ortho nitro benzene ring substituents is 1. The number of carbonyl (C=O) groups excluding carboxylic acids is 2. The fourth-order valence-electron chi connectivity index (χ4n) is 1.92. The largest absolute Gasteiger partial charge is 0.484 e. The molecule has 1 N–H and O–H groups in total. The molecule has 0 unspecified atom stereocenters. The number of carbonyl (C=O) groups is 2. The van der Waals surface area contributed by atoms with Crippen molar-refractivity contribution in [3.63, 3.8) is 0 Å². The summed E-state index contributed by atoms with van der Waals surface area (Å²) in [5.41, 5.74) is 1.33. The summed E-state index contributed by atoms with van der Waals surface area (Å²) < 4.78 is 5.33. The van der Waals surface area contributed by atoms with Crippen molar-refractivity contribution in [1.82, 2.24) is 5.32 Å². The third kappa shape index (κ3) is 4.91. The Morgan fingerprint density at radius 1 is 1.08 bits per heavy atom. The molecule has 124 valence electrons. The van der Waals surface area contributed by atoms with Gasteiger partial charge in [-0.2, -0.15) is 0 Å². The highest BCUT2D eigenvalue weighted by atomic mass is 16.6. The molecule has 0 aliphatic rings. The lowest BCUT2D eigenvalue weighted by molar-refractivity contribution is -0.384. The van der Waals surface area contributed by atoms with Gasteiger partial charge in [0.1, 0.15) is 5.75 Å². The molecule has 0 spiro atoms. The summed E-state index contributed by atoms with van der Waals surface area (Å²) in [4.78, 5) is 33.0. The highest BCUT2D eigenvalue weighted by molar-refractivity contribution is 5.94. The quantitative estimate of drug-likeness (QED) is 0.478. The van der Waals surface area contributed by atoms with Gasteiger partial charge in [-0.1, -0.05) is 12.1 Å². The Morgan fingerprint density at radius 2 is 1.71 bits per heavy atom. The molecule has 0 saturated carbocycles. The van der Waals surface area contributed by atoms with Crippen LogP contribution in [0, 0.1) is 10.1 Å². The molecule has 0 aromatic heterocycles. The number of hydrogen-bond donors (Lipinski definition) is 1. The van der Waals surface area contributed by atoms with Gasteiger partial charge >= 0.3 is 0 Å². The summed E-state index contributed by atoms with van der Waals surface area (Å²) in [5.74, 6) is 0.136. The van der Waals surface area contributed by atoms with E-state index in [4.69, 9.17) is 4.74 Å². The number of benzene rings is 2. The van der Waals surface area contributed by atoms with Crippen LogP contribution in [0.15, 0.2) is 48.5 Å².